The van der Waals surface area contributed by atoms with E-state index in [-0.39, 0.29) is 6.04 Å². The van der Waals surface area contributed by atoms with Crippen LogP contribution in [0.1, 0.15) is 38.6 Å². The Morgan fingerprint density at radius 3 is 2.43 bits per heavy atom. The number of hydrogen-bond acceptors (Lipinski definition) is 4. The van der Waals surface area contributed by atoms with Crippen molar-refractivity contribution in [1.29, 1.82) is 0 Å². The molecule has 1 rings (SSSR count). The van der Waals surface area contributed by atoms with E-state index in [1.54, 1.807) is 18.5 Å². The number of aromatic nitrogens is 2. The number of nitrogens with one attached hydrogen (secondary N) is 2. The van der Waals surface area contributed by atoms with Crippen molar-refractivity contribution < 1.29 is 8.42 Å². The summed E-state index contributed by atoms with van der Waals surface area (Å²) >= 11 is 0. The Labute approximate surface area is 128 Å². The molecule has 0 saturated heterocycles. The van der Waals surface area contributed by atoms with Crippen molar-refractivity contribution in [2.45, 2.75) is 58.5 Å². The van der Waals surface area contributed by atoms with Crippen molar-refractivity contribution in [2.24, 2.45) is 5.92 Å². The minimum Gasteiger partial charge on any atom is -0.318 e. The van der Waals surface area contributed by atoms with E-state index in [0.29, 0.717) is 28.7 Å². The molecule has 0 aliphatic carbocycles. The molecule has 0 saturated carbocycles. The molecule has 21 heavy (non-hydrogen) atoms. The number of hydrogen-bond donors (Lipinski definition) is 2. The van der Waals surface area contributed by atoms with E-state index in [1.165, 1.54) is 0 Å². The molecule has 6 nitrogen and oxygen atoms in total. The molecule has 1 heterocycles. The van der Waals surface area contributed by atoms with E-state index in [2.05, 4.69) is 22.1 Å². The van der Waals surface area contributed by atoms with Crippen molar-refractivity contribution >= 4 is 10.0 Å². The second-order valence-corrected chi connectivity index (χ2v) is 7.27. The lowest BCUT2D eigenvalue weighted by Gasteiger charge is -2.20. The quantitative estimate of drug-likeness (QED) is 0.761. The van der Waals surface area contributed by atoms with Gasteiger partial charge in [-0.05, 0) is 33.7 Å². The van der Waals surface area contributed by atoms with Gasteiger partial charge in [0.2, 0.25) is 10.0 Å². The van der Waals surface area contributed by atoms with Gasteiger partial charge in [0, 0.05) is 12.6 Å². The maximum absolute atomic E-state index is 12.6. The normalized spacial score (nSPS) is 15.1. The van der Waals surface area contributed by atoms with Crippen LogP contribution < -0.4 is 10.0 Å². The zero-order chi connectivity index (χ0) is 16.2. The van der Waals surface area contributed by atoms with E-state index < -0.39 is 10.0 Å². The van der Waals surface area contributed by atoms with Crippen molar-refractivity contribution in [1.82, 2.24) is 19.8 Å². The zero-order valence-electron chi connectivity index (χ0n) is 13.9. The molecule has 0 radical (unpaired) electrons. The van der Waals surface area contributed by atoms with Crippen molar-refractivity contribution in [3.05, 3.63) is 11.4 Å². The molecule has 1 aromatic heterocycles. The predicted molar refractivity (Wildman–Crippen MR) is 84.9 cm³/mol. The lowest BCUT2D eigenvalue weighted by molar-refractivity contribution is 0.433. The van der Waals surface area contributed by atoms with Gasteiger partial charge in [0.15, 0.2) is 0 Å². The minimum absolute atomic E-state index is 0.0977. The van der Waals surface area contributed by atoms with Crippen LogP contribution in [0.5, 0.6) is 0 Å². The van der Waals surface area contributed by atoms with E-state index in [4.69, 9.17) is 0 Å². The van der Waals surface area contributed by atoms with E-state index in [0.717, 1.165) is 13.0 Å². The van der Waals surface area contributed by atoms with Crippen LogP contribution in [0.25, 0.3) is 0 Å². The standard InChI is InChI=1S/C14H28N4O2S/c1-7-10(2)11(3)17-21(19,20)14-12(4)16-18(13(14)5)9-8-15-6/h10-11,15,17H,7-9H2,1-6H3. The molecule has 2 atom stereocenters. The molecule has 122 valence electrons. The van der Waals surface area contributed by atoms with Gasteiger partial charge in [-0.1, -0.05) is 20.3 Å². The third kappa shape index (κ3) is 4.28. The molecule has 0 spiro atoms. The molecule has 0 aliphatic heterocycles. The first kappa shape index (κ1) is 18.1. The summed E-state index contributed by atoms with van der Waals surface area (Å²) < 4.78 is 29.7. The van der Waals surface area contributed by atoms with Gasteiger partial charge in [0.05, 0.1) is 17.9 Å². The van der Waals surface area contributed by atoms with Crippen LogP contribution >= 0.6 is 0 Å². The maximum atomic E-state index is 12.6. The zero-order valence-corrected chi connectivity index (χ0v) is 14.7. The largest absolute Gasteiger partial charge is 0.318 e. The summed E-state index contributed by atoms with van der Waals surface area (Å²) in [6.07, 6.45) is 0.934. The molecular formula is C14H28N4O2S. The summed E-state index contributed by atoms with van der Waals surface area (Å²) in [5, 5.41) is 7.38. The molecule has 1 aromatic rings. The number of nitrogens with zero attached hydrogens (tertiary/aromatic N) is 2. The fourth-order valence-electron chi connectivity index (χ4n) is 2.28. The van der Waals surface area contributed by atoms with Gasteiger partial charge in [-0.2, -0.15) is 5.10 Å². The maximum Gasteiger partial charge on any atom is 0.244 e. The SMILES string of the molecule is CCC(C)C(C)NS(=O)(=O)c1c(C)nn(CCNC)c1C. The monoisotopic (exact) mass is 316 g/mol. The highest BCUT2D eigenvalue weighted by atomic mass is 32.2. The van der Waals surface area contributed by atoms with Gasteiger partial charge >= 0.3 is 0 Å². The van der Waals surface area contributed by atoms with Crippen LogP contribution in [0, 0.1) is 19.8 Å². The topological polar surface area (TPSA) is 76.0 Å². The lowest BCUT2D eigenvalue weighted by atomic mass is 10.0. The summed E-state index contributed by atoms with van der Waals surface area (Å²) in [7, 11) is -1.67. The average Bonchev–Trinajstić information content (AvgIpc) is 2.69. The summed E-state index contributed by atoms with van der Waals surface area (Å²) in [4.78, 5) is 0.314. The van der Waals surface area contributed by atoms with Gasteiger partial charge in [0.25, 0.3) is 0 Å². The second-order valence-electron chi connectivity index (χ2n) is 5.62. The smallest absolute Gasteiger partial charge is 0.244 e. The minimum atomic E-state index is -3.53. The molecule has 2 N–H and O–H groups in total. The first-order chi connectivity index (χ1) is 9.74. The molecule has 0 amide bonds. The lowest BCUT2D eigenvalue weighted by Crippen LogP contribution is -2.37. The number of sulfonamides is 1. The Hall–Kier alpha value is -0.920. The molecule has 2 unspecified atom stereocenters. The molecular weight excluding hydrogens is 288 g/mol. The Bertz CT molecular complexity index is 566. The Kier molecular flexibility index (Phi) is 6.37. The van der Waals surface area contributed by atoms with Crippen LogP contribution in [-0.4, -0.2) is 37.8 Å². The molecule has 0 aromatic carbocycles. The van der Waals surface area contributed by atoms with Crippen LogP contribution in [0.2, 0.25) is 0 Å². The second kappa shape index (κ2) is 7.38. The van der Waals surface area contributed by atoms with Gasteiger partial charge < -0.3 is 5.32 Å². The fourth-order valence-corrected chi connectivity index (χ4v) is 4.04. The fraction of sp³-hybridized carbons (Fsp3) is 0.786. The van der Waals surface area contributed by atoms with Crippen molar-refractivity contribution in [3.8, 4) is 0 Å². The summed E-state index contributed by atoms with van der Waals surface area (Å²) in [5.74, 6) is 0.291. The van der Waals surface area contributed by atoms with Gasteiger partial charge in [-0.25, -0.2) is 13.1 Å². The molecule has 0 bridgehead atoms. The van der Waals surface area contributed by atoms with Crippen LogP contribution in [0.3, 0.4) is 0 Å². The van der Waals surface area contributed by atoms with Gasteiger partial charge in [-0.3, -0.25) is 4.68 Å². The summed E-state index contributed by atoms with van der Waals surface area (Å²) in [6, 6.07) is -0.0977. The highest BCUT2D eigenvalue weighted by molar-refractivity contribution is 7.89. The molecule has 0 fully saturated rings. The van der Waals surface area contributed by atoms with E-state index >= 15 is 0 Å². The Morgan fingerprint density at radius 1 is 1.29 bits per heavy atom. The Balaban J connectivity index is 3.06. The third-order valence-electron chi connectivity index (χ3n) is 4.00. The third-order valence-corrected chi connectivity index (χ3v) is 5.81. The van der Waals surface area contributed by atoms with Gasteiger partial charge in [0.1, 0.15) is 4.90 Å². The summed E-state index contributed by atoms with van der Waals surface area (Å²) in [5.41, 5.74) is 1.24. The van der Waals surface area contributed by atoms with Crippen molar-refractivity contribution in [2.75, 3.05) is 13.6 Å². The van der Waals surface area contributed by atoms with Crippen LogP contribution in [0.4, 0.5) is 0 Å². The first-order valence-corrected chi connectivity index (χ1v) is 8.93. The highest BCUT2D eigenvalue weighted by Crippen LogP contribution is 2.20. The average molecular weight is 316 g/mol. The van der Waals surface area contributed by atoms with Crippen LogP contribution in [0.15, 0.2) is 4.90 Å². The Morgan fingerprint density at radius 2 is 1.90 bits per heavy atom. The highest BCUT2D eigenvalue weighted by Gasteiger charge is 2.27. The molecule has 0 aliphatic rings. The number of rotatable bonds is 8. The summed E-state index contributed by atoms with van der Waals surface area (Å²) in [6.45, 7) is 11.0. The van der Waals surface area contributed by atoms with Crippen LogP contribution in [-0.2, 0) is 16.6 Å². The number of aryl methyl sites for hydroxylation is 1. The first-order valence-electron chi connectivity index (χ1n) is 7.45. The van der Waals surface area contributed by atoms with Crippen molar-refractivity contribution in [3.63, 3.8) is 0 Å². The molecule has 7 heteroatoms. The number of likely N-dealkylation sites (N-methyl/N-ethyl adjacent to an activating group) is 1. The van der Waals surface area contributed by atoms with E-state index in [9.17, 15) is 8.42 Å². The predicted octanol–water partition coefficient (Wildman–Crippen LogP) is 1.43. The van der Waals surface area contributed by atoms with Gasteiger partial charge in [-0.15, -0.1) is 0 Å². The van der Waals surface area contributed by atoms with E-state index in [1.807, 2.05) is 20.9 Å².